The van der Waals surface area contributed by atoms with Crippen molar-refractivity contribution in [2.45, 2.75) is 77.7 Å². The second-order valence-corrected chi connectivity index (χ2v) is 6.87. The van der Waals surface area contributed by atoms with Crippen LogP contribution in [0.25, 0.3) is 0 Å². The summed E-state index contributed by atoms with van der Waals surface area (Å²) in [5, 5.41) is 19.4. The number of aliphatic hydroxyl groups excluding tert-OH is 2. The average Bonchev–Trinajstić information content (AvgIpc) is 3.18. The molecule has 0 aliphatic carbocycles. The first-order valence-electron chi connectivity index (χ1n) is 9.55. The molecule has 0 saturated carbocycles. The van der Waals surface area contributed by atoms with Gasteiger partial charge in [0.25, 0.3) is 0 Å². The van der Waals surface area contributed by atoms with Gasteiger partial charge in [0.1, 0.15) is 24.1 Å². The monoisotopic (exact) mass is 338 g/mol. The van der Waals surface area contributed by atoms with Crippen LogP contribution in [0.5, 0.6) is 0 Å². The highest BCUT2D eigenvalue weighted by Crippen LogP contribution is 2.15. The molecule has 0 aromatic carbocycles. The molecule has 0 bridgehead atoms. The quantitative estimate of drug-likeness (QED) is 0.567. The van der Waals surface area contributed by atoms with Crippen molar-refractivity contribution in [1.82, 2.24) is 9.80 Å². The first kappa shape index (κ1) is 19.2. The van der Waals surface area contributed by atoms with Gasteiger partial charge in [-0.3, -0.25) is 9.98 Å². The van der Waals surface area contributed by atoms with Gasteiger partial charge < -0.3 is 20.0 Å². The maximum absolute atomic E-state index is 9.68. The summed E-state index contributed by atoms with van der Waals surface area (Å²) in [6.07, 6.45) is 8.45. The van der Waals surface area contributed by atoms with Crippen molar-refractivity contribution in [2.75, 3.05) is 26.2 Å². The molecule has 6 heteroatoms. The fourth-order valence-corrected chi connectivity index (χ4v) is 3.54. The second-order valence-electron chi connectivity index (χ2n) is 6.87. The summed E-state index contributed by atoms with van der Waals surface area (Å²) in [4.78, 5) is 13.0. The van der Waals surface area contributed by atoms with Crippen LogP contribution in [0.4, 0.5) is 0 Å². The van der Waals surface area contributed by atoms with Gasteiger partial charge in [-0.15, -0.1) is 0 Å². The van der Waals surface area contributed by atoms with E-state index in [4.69, 9.17) is 0 Å². The highest BCUT2D eigenvalue weighted by Gasteiger charge is 2.20. The Kier molecular flexibility index (Phi) is 7.99. The zero-order chi connectivity index (χ0) is 17.4. The Balaban J connectivity index is 1.47. The lowest BCUT2D eigenvalue weighted by molar-refractivity contribution is 0.0761. The molecule has 0 radical (unpaired) electrons. The van der Waals surface area contributed by atoms with Crippen LogP contribution >= 0.6 is 0 Å². The molecule has 2 unspecified atom stereocenters. The minimum Gasteiger partial charge on any atom is -0.374 e. The van der Waals surface area contributed by atoms with E-state index in [9.17, 15) is 10.2 Å². The number of hydrogen-bond donors (Lipinski definition) is 2. The minimum atomic E-state index is -0.411. The van der Waals surface area contributed by atoms with E-state index in [0.29, 0.717) is 0 Å². The molecule has 0 amide bonds. The van der Waals surface area contributed by atoms with E-state index < -0.39 is 12.5 Å². The van der Waals surface area contributed by atoms with Gasteiger partial charge in [0, 0.05) is 25.9 Å². The number of unbranched alkanes of at least 4 members (excludes halogenated alkanes) is 5. The fourth-order valence-electron chi connectivity index (χ4n) is 3.54. The molecule has 2 aliphatic rings. The fraction of sp³-hybridized carbons (Fsp3) is 0.889. The summed E-state index contributed by atoms with van der Waals surface area (Å²) in [6, 6.07) is 0. The number of nitrogens with zero attached hydrogens (tertiary/aromatic N) is 4. The van der Waals surface area contributed by atoms with E-state index in [0.717, 1.165) is 63.5 Å². The average molecular weight is 338 g/mol. The molecule has 138 valence electrons. The lowest BCUT2D eigenvalue weighted by Gasteiger charge is -2.23. The van der Waals surface area contributed by atoms with Crippen LogP contribution in [0.3, 0.4) is 0 Å². The Morgan fingerprint density at radius 1 is 0.750 bits per heavy atom. The number of hydrogen-bond acceptors (Lipinski definition) is 6. The van der Waals surface area contributed by atoms with Crippen LogP contribution in [0, 0.1) is 0 Å². The summed E-state index contributed by atoms with van der Waals surface area (Å²) in [7, 11) is 0. The van der Waals surface area contributed by atoms with Gasteiger partial charge in [0.2, 0.25) is 0 Å². The van der Waals surface area contributed by atoms with Crippen molar-refractivity contribution in [1.29, 1.82) is 0 Å². The van der Waals surface area contributed by atoms with E-state index in [2.05, 4.69) is 9.98 Å². The summed E-state index contributed by atoms with van der Waals surface area (Å²) in [5.74, 6) is 2.17. The van der Waals surface area contributed by atoms with E-state index in [1.807, 2.05) is 23.6 Å². The molecule has 2 heterocycles. The van der Waals surface area contributed by atoms with Gasteiger partial charge in [0.15, 0.2) is 0 Å². The van der Waals surface area contributed by atoms with Crippen LogP contribution in [0.15, 0.2) is 9.98 Å². The van der Waals surface area contributed by atoms with Gasteiger partial charge in [-0.05, 0) is 26.7 Å². The molecule has 2 aliphatic heterocycles. The molecule has 0 saturated heterocycles. The standard InChI is InChI=1S/C18H34N4O2/c1-15(23)21-13-11-19-17(21)9-7-5-3-4-6-8-10-18-20-12-14-22(18)16(2)24/h15-16,23-24H,3-14H2,1-2H3. The van der Waals surface area contributed by atoms with Crippen LogP contribution in [0.1, 0.15) is 65.2 Å². The maximum atomic E-state index is 9.68. The van der Waals surface area contributed by atoms with Crippen LogP contribution in [-0.4, -0.2) is 70.3 Å². The predicted molar refractivity (Wildman–Crippen MR) is 98.3 cm³/mol. The third-order valence-corrected chi connectivity index (χ3v) is 4.89. The molecule has 2 N–H and O–H groups in total. The van der Waals surface area contributed by atoms with Crippen LogP contribution in [0.2, 0.25) is 0 Å². The van der Waals surface area contributed by atoms with Gasteiger partial charge >= 0.3 is 0 Å². The summed E-state index contributed by atoms with van der Waals surface area (Å²) >= 11 is 0. The van der Waals surface area contributed by atoms with Gasteiger partial charge in [-0.25, -0.2) is 0 Å². The highest BCUT2D eigenvalue weighted by molar-refractivity contribution is 5.84. The maximum Gasteiger partial charge on any atom is 0.125 e. The van der Waals surface area contributed by atoms with Crippen LogP contribution in [-0.2, 0) is 0 Å². The summed E-state index contributed by atoms with van der Waals surface area (Å²) in [6.45, 7) is 7.00. The summed E-state index contributed by atoms with van der Waals surface area (Å²) < 4.78 is 0. The normalized spacial score (nSPS) is 20.3. The highest BCUT2D eigenvalue weighted by atomic mass is 16.3. The number of rotatable bonds is 11. The van der Waals surface area contributed by atoms with Crippen LogP contribution < -0.4 is 0 Å². The van der Waals surface area contributed by atoms with Gasteiger partial charge in [-0.1, -0.05) is 25.7 Å². The molecule has 0 spiro atoms. The SMILES string of the molecule is CC(O)N1CCN=C1CCCCCCCCC1=NCCN1C(C)O. The Hall–Kier alpha value is -1.14. The molecule has 0 aromatic heterocycles. The van der Waals surface area contributed by atoms with E-state index >= 15 is 0 Å². The zero-order valence-electron chi connectivity index (χ0n) is 15.3. The molecule has 6 nitrogen and oxygen atoms in total. The summed E-state index contributed by atoms with van der Waals surface area (Å²) in [5.41, 5.74) is 0. The first-order chi connectivity index (χ1) is 11.6. The van der Waals surface area contributed by atoms with Crippen molar-refractivity contribution in [3.63, 3.8) is 0 Å². The number of aliphatic hydroxyl groups is 2. The largest absolute Gasteiger partial charge is 0.374 e. The van der Waals surface area contributed by atoms with Gasteiger partial charge in [0.05, 0.1) is 13.1 Å². The smallest absolute Gasteiger partial charge is 0.125 e. The molecule has 24 heavy (non-hydrogen) atoms. The minimum absolute atomic E-state index is 0.411. The Morgan fingerprint density at radius 3 is 1.50 bits per heavy atom. The van der Waals surface area contributed by atoms with E-state index in [1.165, 1.54) is 25.7 Å². The lowest BCUT2D eigenvalue weighted by Crippen LogP contribution is -2.35. The first-order valence-corrected chi connectivity index (χ1v) is 9.55. The molecule has 2 atom stereocenters. The third kappa shape index (κ3) is 5.74. The molecule has 2 rings (SSSR count). The lowest BCUT2D eigenvalue weighted by atomic mass is 10.1. The van der Waals surface area contributed by atoms with Gasteiger partial charge in [-0.2, -0.15) is 0 Å². The number of amidine groups is 2. The van der Waals surface area contributed by atoms with Crippen molar-refractivity contribution in [2.24, 2.45) is 9.98 Å². The zero-order valence-corrected chi connectivity index (χ0v) is 15.3. The van der Waals surface area contributed by atoms with E-state index in [1.54, 1.807) is 0 Å². The third-order valence-electron chi connectivity index (χ3n) is 4.89. The second kappa shape index (κ2) is 9.99. The molecule has 0 aromatic rings. The Labute approximate surface area is 146 Å². The van der Waals surface area contributed by atoms with Crippen molar-refractivity contribution < 1.29 is 10.2 Å². The molecular weight excluding hydrogens is 304 g/mol. The van der Waals surface area contributed by atoms with Crippen molar-refractivity contribution in [3.05, 3.63) is 0 Å². The predicted octanol–water partition coefficient (Wildman–Crippen LogP) is 2.21. The van der Waals surface area contributed by atoms with Crippen molar-refractivity contribution >= 4 is 11.7 Å². The topological polar surface area (TPSA) is 71.7 Å². The number of aliphatic imine (C=N–C) groups is 2. The Bertz CT molecular complexity index is 395. The van der Waals surface area contributed by atoms with Crippen molar-refractivity contribution in [3.8, 4) is 0 Å². The van der Waals surface area contributed by atoms with E-state index in [-0.39, 0.29) is 0 Å². The molecule has 0 fully saturated rings. The Morgan fingerprint density at radius 2 is 1.12 bits per heavy atom. The molecular formula is C18H34N4O2.